The van der Waals surface area contributed by atoms with Crippen LogP contribution in [0.25, 0.3) is 0 Å². The highest BCUT2D eigenvalue weighted by Gasteiger charge is 2.47. The Balaban J connectivity index is 0.000000192. The van der Waals surface area contributed by atoms with Gasteiger partial charge in [0, 0.05) is 71.8 Å². The van der Waals surface area contributed by atoms with Gasteiger partial charge in [-0.3, -0.25) is 0 Å². The average Bonchev–Trinajstić information content (AvgIpc) is 3.56. The molecule has 13 rings (SSSR count). The molecule has 0 radical (unpaired) electrons. The van der Waals surface area contributed by atoms with Gasteiger partial charge in [-0.15, -0.1) is 12.8 Å². The normalized spacial score (nSPS) is 15.6. The predicted molar refractivity (Wildman–Crippen MR) is 307 cm³/mol. The maximum atomic E-state index is 13.2. The molecule has 0 spiro atoms. The van der Waals surface area contributed by atoms with Gasteiger partial charge in [0.15, 0.2) is 0 Å². The maximum Gasteiger partial charge on any atom is 0.373 e. The number of methoxy groups -OCH3 is 2. The first kappa shape index (κ1) is 56.4. The highest BCUT2D eigenvalue weighted by Crippen LogP contribution is 2.58. The van der Waals surface area contributed by atoms with Gasteiger partial charge in [0.2, 0.25) is 0 Å². The van der Waals surface area contributed by atoms with Crippen molar-refractivity contribution in [2.45, 2.75) is 58.3 Å². The summed E-state index contributed by atoms with van der Waals surface area (Å²) >= 11 is 2.30. The summed E-state index contributed by atoms with van der Waals surface area (Å²) in [6, 6.07) is 49.5. The lowest BCUT2D eigenvalue weighted by atomic mass is 9.59. The molecular formula is C69H51IO8. The van der Waals surface area contributed by atoms with Gasteiger partial charge in [0.25, 0.3) is 0 Å². The standard InChI is InChI=1S/C37H28O2.C23H16O2.C7H7I.2CO2/c1-23-9-13-26(14-10-23)17-19-28-21-22-29(20-18-27-15-11-24(2)12-16-27)35-34(28)32-25(3)33(37(38)39-4)36(35)31-8-6-5-7-30(31)32;1-5-14-11-12-15(6-2)21-20(14)18-13(3)19(23(24)25-4)22(21)17-10-8-7-9-16(17)18;1-6-2-4-7(8)5-3-6;2*2-1-3/h5-16,21-22,32,36H,1-4H3;1-2,7-12,18,22H,3-4H3;2-5H,1H3;;. The van der Waals surface area contributed by atoms with Crippen molar-refractivity contribution in [3.8, 4) is 48.4 Å². The number of ether oxygens (including phenoxy) is 2. The second-order valence-corrected chi connectivity index (χ2v) is 19.9. The molecule has 6 aliphatic carbocycles. The SMILES string of the molecule is C#Cc1ccc(C#C)c2c1C1C(C)=C(C(=O)OC)C2c2ccccc21.COC(=O)C1=C(C)C2c3ccccc3C1c1c(C#Cc3ccc(C)cc3)ccc(C#Cc3ccc(C)cc3)c12.Cc1ccc(I)cc1.O=C=O.O=C=O. The van der Waals surface area contributed by atoms with Crippen molar-refractivity contribution in [1.29, 1.82) is 0 Å². The van der Waals surface area contributed by atoms with E-state index in [4.69, 9.17) is 41.5 Å². The van der Waals surface area contributed by atoms with E-state index < -0.39 is 0 Å². The number of halogens is 1. The molecule has 4 atom stereocenters. The van der Waals surface area contributed by atoms with Gasteiger partial charge in [0.05, 0.1) is 14.2 Å². The molecule has 6 aliphatic rings. The van der Waals surface area contributed by atoms with E-state index in [2.05, 4.69) is 189 Å². The largest absolute Gasteiger partial charge is 0.466 e. The monoisotopic (exact) mass is 1130 g/mol. The quantitative estimate of drug-likeness (QED) is 0.0953. The molecule has 0 N–H and O–H groups in total. The topological polar surface area (TPSA) is 121 Å². The molecule has 0 aliphatic heterocycles. The summed E-state index contributed by atoms with van der Waals surface area (Å²) in [6.07, 6.45) is 12.0. The molecule has 0 aromatic heterocycles. The van der Waals surface area contributed by atoms with Gasteiger partial charge in [0.1, 0.15) is 0 Å². The lowest BCUT2D eigenvalue weighted by Crippen LogP contribution is -2.32. The molecule has 4 bridgehead atoms. The van der Waals surface area contributed by atoms with E-state index in [1.165, 1.54) is 45.6 Å². The van der Waals surface area contributed by atoms with E-state index >= 15 is 0 Å². The van der Waals surface area contributed by atoms with Gasteiger partial charge >= 0.3 is 24.2 Å². The summed E-state index contributed by atoms with van der Waals surface area (Å²) in [7, 11) is 2.87. The Labute approximate surface area is 469 Å². The number of allylic oxidation sites excluding steroid dienone is 2. The van der Waals surface area contributed by atoms with Crippen LogP contribution in [0.5, 0.6) is 0 Å². The molecule has 0 saturated heterocycles. The van der Waals surface area contributed by atoms with Crippen LogP contribution in [-0.4, -0.2) is 38.5 Å². The summed E-state index contributed by atoms with van der Waals surface area (Å²) in [5, 5.41) is 0. The molecule has 8 nitrogen and oxygen atoms in total. The van der Waals surface area contributed by atoms with E-state index in [-0.39, 0.29) is 47.9 Å². The predicted octanol–water partition coefficient (Wildman–Crippen LogP) is 12.3. The van der Waals surface area contributed by atoms with E-state index in [0.717, 1.165) is 83.5 Å². The zero-order chi connectivity index (χ0) is 56.2. The lowest BCUT2D eigenvalue weighted by Gasteiger charge is -2.43. The minimum Gasteiger partial charge on any atom is -0.466 e. The van der Waals surface area contributed by atoms with Crippen molar-refractivity contribution in [1.82, 2.24) is 0 Å². The number of hydrogen-bond acceptors (Lipinski definition) is 8. The van der Waals surface area contributed by atoms with Crippen LogP contribution in [0.2, 0.25) is 0 Å². The van der Waals surface area contributed by atoms with E-state index in [9.17, 15) is 9.59 Å². The molecule has 4 unspecified atom stereocenters. The number of benzene rings is 7. The van der Waals surface area contributed by atoms with Crippen molar-refractivity contribution in [3.05, 3.63) is 266 Å². The van der Waals surface area contributed by atoms with Gasteiger partial charge < -0.3 is 9.47 Å². The van der Waals surface area contributed by atoms with Gasteiger partial charge in [-0.1, -0.05) is 137 Å². The van der Waals surface area contributed by atoms with Crippen LogP contribution < -0.4 is 0 Å². The zero-order valence-electron chi connectivity index (χ0n) is 44.0. The molecular weight excluding hydrogens is 1080 g/mol. The lowest BCUT2D eigenvalue weighted by molar-refractivity contribution is -0.193. The highest BCUT2D eigenvalue weighted by molar-refractivity contribution is 14.1. The van der Waals surface area contributed by atoms with Crippen LogP contribution in [-0.2, 0) is 38.2 Å². The van der Waals surface area contributed by atoms with E-state index in [0.29, 0.717) is 5.57 Å². The molecule has 0 saturated carbocycles. The average molecular weight is 1140 g/mol. The second kappa shape index (κ2) is 25.5. The number of carbonyl (C=O) groups excluding carboxylic acids is 6. The third-order valence-electron chi connectivity index (χ3n) is 14.2. The van der Waals surface area contributed by atoms with Crippen molar-refractivity contribution in [3.63, 3.8) is 0 Å². The van der Waals surface area contributed by atoms with Crippen LogP contribution in [0, 0.1) is 72.7 Å². The fourth-order valence-corrected chi connectivity index (χ4v) is 11.2. The number of aryl methyl sites for hydroxylation is 3. The van der Waals surface area contributed by atoms with Crippen LogP contribution in [0.3, 0.4) is 0 Å². The summed E-state index contributed by atoms with van der Waals surface area (Å²) in [4.78, 5) is 58.3. The Bertz CT molecular complexity index is 3810. The first-order valence-electron chi connectivity index (χ1n) is 24.6. The van der Waals surface area contributed by atoms with Crippen LogP contribution >= 0.6 is 22.6 Å². The van der Waals surface area contributed by atoms with Crippen molar-refractivity contribution in [2.24, 2.45) is 0 Å². The van der Waals surface area contributed by atoms with Crippen molar-refractivity contribution < 1.29 is 38.2 Å². The van der Waals surface area contributed by atoms with E-state index in [1.807, 2.05) is 49.4 Å². The number of rotatable bonds is 2. The number of terminal acetylenes is 2. The van der Waals surface area contributed by atoms with Crippen molar-refractivity contribution in [2.75, 3.05) is 14.2 Å². The Hall–Kier alpha value is -9.31. The number of esters is 2. The highest BCUT2D eigenvalue weighted by atomic mass is 127. The van der Waals surface area contributed by atoms with Crippen LogP contribution in [0.1, 0.15) is 132 Å². The molecule has 7 aromatic carbocycles. The maximum absolute atomic E-state index is 13.2. The van der Waals surface area contributed by atoms with Crippen molar-refractivity contribution >= 4 is 46.8 Å². The molecule has 78 heavy (non-hydrogen) atoms. The summed E-state index contributed by atoms with van der Waals surface area (Å²) in [5.41, 5.74) is 21.5. The smallest absolute Gasteiger partial charge is 0.373 e. The number of hydrogen-bond donors (Lipinski definition) is 0. The Morgan fingerprint density at radius 1 is 0.410 bits per heavy atom. The third kappa shape index (κ3) is 11.4. The molecule has 0 heterocycles. The minimum absolute atomic E-state index is 0.0651. The Morgan fingerprint density at radius 2 is 0.692 bits per heavy atom. The fourth-order valence-electron chi connectivity index (χ4n) is 10.8. The number of carbonyl (C=O) groups is 2. The molecule has 7 aromatic rings. The Kier molecular flexibility index (Phi) is 18.4. The molecule has 0 amide bonds. The molecule has 9 heteroatoms. The first-order valence-corrected chi connectivity index (χ1v) is 25.7. The van der Waals surface area contributed by atoms with Gasteiger partial charge in [-0.05, 0) is 174 Å². The van der Waals surface area contributed by atoms with E-state index in [1.54, 1.807) is 0 Å². The first-order chi connectivity index (χ1) is 37.7. The fraction of sp³-hybridized carbons (Fsp3) is 0.159. The minimum atomic E-state index is -0.304. The van der Waals surface area contributed by atoms with Crippen LogP contribution in [0.4, 0.5) is 0 Å². The summed E-state index contributed by atoms with van der Waals surface area (Å²) in [6.45, 7) is 10.3. The summed E-state index contributed by atoms with van der Waals surface area (Å²) in [5.74, 6) is 18.0. The zero-order valence-corrected chi connectivity index (χ0v) is 46.1. The summed E-state index contributed by atoms with van der Waals surface area (Å²) < 4.78 is 11.7. The Morgan fingerprint density at radius 3 is 1.01 bits per heavy atom. The van der Waals surface area contributed by atoms with Crippen LogP contribution in [0.15, 0.2) is 168 Å². The second-order valence-electron chi connectivity index (χ2n) is 18.6. The third-order valence-corrected chi connectivity index (χ3v) is 14.9. The van der Waals surface area contributed by atoms with Gasteiger partial charge in [-0.2, -0.15) is 19.2 Å². The molecule has 0 fully saturated rings. The van der Waals surface area contributed by atoms with Gasteiger partial charge in [-0.25, -0.2) is 9.59 Å². The molecule has 382 valence electrons.